The van der Waals surface area contributed by atoms with E-state index < -0.39 is 18.4 Å². The first-order valence-electron chi connectivity index (χ1n) is 4.10. The molecule has 0 aliphatic heterocycles. The molecule has 16 heavy (non-hydrogen) atoms. The SMILES string of the molecule is Cc1ccc([N+](=O)[O-])cc1C(=O)[P+](O)(O)O. The predicted molar refractivity (Wildman–Crippen MR) is 55.7 cm³/mol. The molecule has 8 heteroatoms. The van der Waals surface area contributed by atoms with E-state index in [4.69, 9.17) is 14.7 Å². The Balaban J connectivity index is 3.28. The fraction of sp³-hybridized carbons (Fsp3) is 0.125. The van der Waals surface area contributed by atoms with Gasteiger partial charge in [-0.2, -0.15) is 14.7 Å². The van der Waals surface area contributed by atoms with E-state index in [1.807, 2.05) is 0 Å². The van der Waals surface area contributed by atoms with Crippen LogP contribution in [0.15, 0.2) is 18.2 Å². The van der Waals surface area contributed by atoms with Crippen LogP contribution in [0.5, 0.6) is 0 Å². The summed E-state index contributed by atoms with van der Waals surface area (Å²) in [4.78, 5) is 47.5. The highest BCUT2D eigenvalue weighted by atomic mass is 31.2. The lowest BCUT2D eigenvalue weighted by atomic mass is 10.1. The lowest BCUT2D eigenvalue weighted by molar-refractivity contribution is -0.384. The summed E-state index contributed by atoms with van der Waals surface area (Å²) < 4.78 is 0. The Hall–Kier alpha value is -1.40. The lowest BCUT2D eigenvalue weighted by Gasteiger charge is -2.04. The van der Waals surface area contributed by atoms with Crippen LogP contribution in [-0.4, -0.2) is 25.1 Å². The number of nitrogens with zero attached hydrogens (tertiary/aromatic N) is 1. The number of non-ortho nitro benzene ring substituents is 1. The monoisotopic (exact) mass is 246 g/mol. The van der Waals surface area contributed by atoms with Crippen molar-refractivity contribution < 1.29 is 24.4 Å². The van der Waals surface area contributed by atoms with Crippen molar-refractivity contribution in [1.29, 1.82) is 0 Å². The highest BCUT2D eigenvalue weighted by Gasteiger charge is 2.44. The van der Waals surface area contributed by atoms with Gasteiger partial charge in [0.2, 0.25) is 0 Å². The van der Waals surface area contributed by atoms with E-state index in [-0.39, 0.29) is 11.3 Å². The van der Waals surface area contributed by atoms with Crippen molar-refractivity contribution >= 4 is 19.2 Å². The highest BCUT2D eigenvalue weighted by Crippen LogP contribution is 2.48. The second-order valence-electron chi connectivity index (χ2n) is 3.13. The van der Waals surface area contributed by atoms with Crippen LogP contribution in [0.2, 0.25) is 0 Å². The van der Waals surface area contributed by atoms with E-state index in [1.54, 1.807) is 0 Å². The first kappa shape index (κ1) is 12.7. The number of nitro groups is 1. The second-order valence-corrected chi connectivity index (χ2v) is 4.67. The van der Waals surface area contributed by atoms with Gasteiger partial charge in [-0.3, -0.25) is 10.1 Å². The summed E-state index contributed by atoms with van der Waals surface area (Å²) in [5.41, 5.74) is -1.61. The maximum absolute atomic E-state index is 11.3. The third-order valence-electron chi connectivity index (χ3n) is 1.93. The smallest absolute Gasteiger partial charge is 0.258 e. The van der Waals surface area contributed by atoms with Gasteiger partial charge in [0.25, 0.3) is 5.69 Å². The molecule has 1 aromatic carbocycles. The Kier molecular flexibility index (Phi) is 3.35. The third kappa shape index (κ3) is 2.59. The molecule has 1 rings (SSSR count). The molecule has 1 aromatic rings. The standard InChI is InChI=1S/C8H9NO6P/c1-5-2-3-6(9(11)12)4-7(5)8(10)16(13,14)15/h2-4,13-15H,1H3/q+1. The van der Waals surface area contributed by atoms with Gasteiger partial charge < -0.3 is 0 Å². The third-order valence-corrected chi connectivity index (χ3v) is 2.72. The van der Waals surface area contributed by atoms with Crippen LogP contribution in [0.1, 0.15) is 15.9 Å². The number of benzene rings is 1. The molecule has 0 unspecified atom stereocenters. The van der Waals surface area contributed by atoms with Crippen LogP contribution in [0, 0.1) is 17.0 Å². The van der Waals surface area contributed by atoms with Gasteiger partial charge >= 0.3 is 13.5 Å². The molecule has 0 bridgehead atoms. The maximum atomic E-state index is 11.3. The van der Waals surface area contributed by atoms with E-state index in [9.17, 15) is 14.9 Å². The Morgan fingerprint density at radius 1 is 1.38 bits per heavy atom. The zero-order valence-electron chi connectivity index (χ0n) is 8.19. The summed E-state index contributed by atoms with van der Waals surface area (Å²) in [7, 11) is -4.67. The van der Waals surface area contributed by atoms with Crippen LogP contribution < -0.4 is 0 Å². The average molecular weight is 246 g/mol. The number of nitro benzene ring substituents is 1. The van der Waals surface area contributed by atoms with E-state index in [1.165, 1.54) is 19.1 Å². The molecular weight excluding hydrogens is 237 g/mol. The average Bonchev–Trinajstić information content (AvgIpc) is 2.15. The van der Waals surface area contributed by atoms with Crippen molar-refractivity contribution in [1.82, 2.24) is 0 Å². The number of aryl methyl sites for hydroxylation is 1. The van der Waals surface area contributed by atoms with Gasteiger partial charge in [-0.1, -0.05) is 6.07 Å². The van der Waals surface area contributed by atoms with Crippen LogP contribution >= 0.6 is 7.94 Å². The van der Waals surface area contributed by atoms with Crippen molar-refractivity contribution in [3.05, 3.63) is 39.4 Å². The molecule has 0 atom stereocenters. The molecule has 0 saturated carbocycles. The maximum Gasteiger partial charge on any atom is 0.483 e. The summed E-state index contributed by atoms with van der Waals surface area (Å²) in [6.45, 7) is 1.46. The lowest BCUT2D eigenvalue weighted by Crippen LogP contribution is -2.08. The fourth-order valence-electron chi connectivity index (χ4n) is 1.12. The van der Waals surface area contributed by atoms with Gasteiger partial charge in [0.15, 0.2) is 0 Å². The topological polar surface area (TPSA) is 121 Å². The zero-order valence-corrected chi connectivity index (χ0v) is 9.09. The first-order valence-corrected chi connectivity index (χ1v) is 5.75. The minimum absolute atomic E-state index is 0.268. The van der Waals surface area contributed by atoms with Crippen molar-refractivity contribution in [2.45, 2.75) is 6.92 Å². The number of carbonyl (C=O) groups is 1. The molecule has 0 spiro atoms. The zero-order chi connectivity index (χ0) is 12.5. The van der Waals surface area contributed by atoms with Gasteiger partial charge in [0.05, 0.1) is 10.5 Å². The molecule has 0 fully saturated rings. The summed E-state index contributed by atoms with van der Waals surface area (Å²) in [6.07, 6.45) is 0. The normalized spacial score (nSPS) is 11.2. The molecule has 0 radical (unpaired) electrons. The van der Waals surface area contributed by atoms with Crippen LogP contribution in [-0.2, 0) is 0 Å². The van der Waals surface area contributed by atoms with Crippen LogP contribution in [0.4, 0.5) is 5.69 Å². The molecule has 3 N–H and O–H groups in total. The van der Waals surface area contributed by atoms with Gasteiger partial charge in [-0.15, -0.1) is 0 Å². The minimum atomic E-state index is -4.67. The van der Waals surface area contributed by atoms with E-state index in [0.717, 1.165) is 6.07 Å². The van der Waals surface area contributed by atoms with E-state index in [0.29, 0.717) is 5.56 Å². The van der Waals surface area contributed by atoms with Crippen molar-refractivity contribution in [2.75, 3.05) is 0 Å². The fourth-order valence-corrected chi connectivity index (χ4v) is 1.68. The summed E-state index contributed by atoms with van der Waals surface area (Å²) in [5.74, 6) is 0. The largest absolute Gasteiger partial charge is 0.483 e. The summed E-state index contributed by atoms with van der Waals surface area (Å²) >= 11 is 0. The number of hydrogen-bond donors (Lipinski definition) is 3. The van der Waals surface area contributed by atoms with Gasteiger partial charge in [0, 0.05) is 12.1 Å². The van der Waals surface area contributed by atoms with Gasteiger partial charge in [-0.05, 0) is 12.5 Å². The van der Waals surface area contributed by atoms with Crippen LogP contribution in [0.3, 0.4) is 0 Å². The van der Waals surface area contributed by atoms with Gasteiger partial charge in [-0.25, -0.2) is 4.79 Å². The van der Waals surface area contributed by atoms with Crippen molar-refractivity contribution in [3.63, 3.8) is 0 Å². The molecule has 0 saturated heterocycles. The van der Waals surface area contributed by atoms with Crippen LogP contribution in [0.25, 0.3) is 0 Å². The molecular formula is C8H9NO6P+. The highest BCUT2D eigenvalue weighted by molar-refractivity contribution is 7.76. The number of hydrogen-bond acceptors (Lipinski definition) is 6. The molecule has 0 aromatic heterocycles. The quantitative estimate of drug-likeness (QED) is 0.411. The Bertz CT molecular complexity index is 452. The van der Waals surface area contributed by atoms with Crippen molar-refractivity contribution in [2.24, 2.45) is 0 Å². The minimum Gasteiger partial charge on any atom is -0.258 e. The molecule has 0 heterocycles. The molecule has 0 aliphatic rings. The number of carbonyl (C=O) groups excluding carboxylic acids is 1. The Morgan fingerprint density at radius 3 is 2.38 bits per heavy atom. The molecule has 0 amide bonds. The van der Waals surface area contributed by atoms with E-state index in [2.05, 4.69) is 0 Å². The second kappa shape index (κ2) is 4.23. The summed E-state index contributed by atoms with van der Waals surface area (Å²) in [6, 6.07) is 3.37. The van der Waals surface area contributed by atoms with E-state index >= 15 is 0 Å². The molecule has 0 aliphatic carbocycles. The van der Waals surface area contributed by atoms with Gasteiger partial charge in [0.1, 0.15) is 0 Å². The number of rotatable bonds is 3. The predicted octanol–water partition coefficient (Wildman–Crippen LogP) is 0.783. The van der Waals surface area contributed by atoms with Crippen molar-refractivity contribution in [3.8, 4) is 0 Å². The first-order chi connectivity index (χ1) is 7.23. The Labute approximate surface area is 90.7 Å². The molecule has 86 valence electrons. The summed E-state index contributed by atoms with van der Waals surface area (Å²) in [5, 5.41) is 10.5. The molecule has 7 nitrogen and oxygen atoms in total. The Morgan fingerprint density at radius 2 is 1.94 bits per heavy atom.